The highest BCUT2D eigenvalue weighted by atomic mass is 32.1. The van der Waals surface area contributed by atoms with E-state index in [1.54, 1.807) is 12.1 Å². The number of para-hydroxylation sites is 1. The van der Waals surface area contributed by atoms with Crippen molar-refractivity contribution in [2.75, 3.05) is 18.5 Å². The van der Waals surface area contributed by atoms with Crippen molar-refractivity contribution in [2.24, 2.45) is 0 Å². The number of anilines is 1. The number of esters is 1. The molecule has 2 rings (SSSR count). The van der Waals surface area contributed by atoms with Gasteiger partial charge in [0.25, 0.3) is 5.91 Å². The lowest BCUT2D eigenvalue weighted by Gasteiger charge is -2.12. The molecule has 0 radical (unpaired) electrons. The van der Waals surface area contributed by atoms with Crippen LogP contribution in [-0.2, 0) is 14.3 Å². The zero-order valence-corrected chi connectivity index (χ0v) is 15.2. The molecule has 1 aromatic heterocycles. The summed E-state index contributed by atoms with van der Waals surface area (Å²) in [6, 6.07) is 9.16. The van der Waals surface area contributed by atoms with Gasteiger partial charge in [-0.2, -0.15) is 0 Å². The van der Waals surface area contributed by atoms with Crippen LogP contribution in [0.3, 0.4) is 0 Å². The van der Waals surface area contributed by atoms with Crippen molar-refractivity contribution in [1.82, 2.24) is 5.32 Å². The molecule has 1 heterocycles. The van der Waals surface area contributed by atoms with Gasteiger partial charge in [0, 0.05) is 10.6 Å². The van der Waals surface area contributed by atoms with E-state index in [4.69, 9.17) is 4.74 Å². The fraction of sp³-hybridized carbons (Fsp3) is 0.278. The molecule has 0 atom stereocenters. The Morgan fingerprint density at radius 3 is 2.28 bits per heavy atom. The number of rotatable bonds is 6. The van der Waals surface area contributed by atoms with Crippen molar-refractivity contribution in [1.29, 1.82) is 0 Å². The van der Waals surface area contributed by atoms with Gasteiger partial charge in [0.2, 0.25) is 5.91 Å². The molecule has 0 saturated heterocycles. The highest BCUT2D eigenvalue weighted by Crippen LogP contribution is 2.19. The largest absolute Gasteiger partial charge is 0.451 e. The van der Waals surface area contributed by atoms with Crippen molar-refractivity contribution < 1.29 is 19.1 Å². The molecular weight excluding hydrogens is 340 g/mol. The molecule has 0 spiro atoms. The van der Waals surface area contributed by atoms with E-state index in [0.717, 1.165) is 21.7 Å². The first kappa shape index (κ1) is 18.7. The number of hydrogen-bond acceptors (Lipinski definition) is 5. The maximum atomic E-state index is 12.0. The monoisotopic (exact) mass is 360 g/mol. The van der Waals surface area contributed by atoms with E-state index < -0.39 is 18.5 Å². The summed E-state index contributed by atoms with van der Waals surface area (Å²) in [4.78, 5) is 36.8. The number of carbonyl (C=O) groups excluding carboxylic acids is 3. The van der Waals surface area contributed by atoms with Gasteiger partial charge in [-0.3, -0.25) is 9.59 Å². The summed E-state index contributed by atoms with van der Waals surface area (Å²) in [5.41, 5.74) is 2.63. The molecule has 2 aromatic rings. The number of benzene rings is 1. The molecule has 6 nitrogen and oxygen atoms in total. The minimum atomic E-state index is -0.548. The average Bonchev–Trinajstić information content (AvgIpc) is 3.01. The number of aryl methyl sites for hydroxylation is 3. The van der Waals surface area contributed by atoms with Gasteiger partial charge in [0.05, 0.1) is 6.54 Å². The van der Waals surface area contributed by atoms with Crippen molar-refractivity contribution in [3.05, 3.63) is 51.2 Å². The SMILES string of the molecule is Cc1ccc(C(=O)OCC(=O)NCC(=O)Nc2c(C)cccc2C)s1. The second kappa shape index (κ2) is 8.43. The lowest BCUT2D eigenvalue weighted by molar-refractivity contribution is -0.126. The molecule has 0 bridgehead atoms. The van der Waals surface area contributed by atoms with Crippen LogP contribution in [0.2, 0.25) is 0 Å². The van der Waals surface area contributed by atoms with E-state index in [0.29, 0.717) is 4.88 Å². The van der Waals surface area contributed by atoms with E-state index in [1.807, 2.05) is 39.0 Å². The van der Waals surface area contributed by atoms with E-state index in [1.165, 1.54) is 11.3 Å². The fourth-order valence-corrected chi connectivity index (χ4v) is 2.93. The Morgan fingerprint density at radius 1 is 1.00 bits per heavy atom. The van der Waals surface area contributed by atoms with Crippen LogP contribution >= 0.6 is 11.3 Å². The van der Waals surface area contributed by atoms with Gasteiger partial charge in [0.1, 0.15) is 4.88 Å². The van der Waals surface area contributed by atoms with Crippen LogP contribution in [0.15, 0.2) is 30.3 Å². The molecule has 0 fully saturated rings. The van der Waals surface area contributed by atoms with Crippen LogP contribution in [0.4, 0.5) is 5.69 Å². The molecule has 0 saturated carbocycles. The first-order valence-corrected chi connectivity index (χ1v) is 8.55. The molecule has 25 heavy (non-hydrogen) atoms. The third kappa shape index (κ3) is 5.42. The Bertz CT molecular complexity index is 778. The van der Waals surface area contributed by atoms with E-state index >= 15 is 0 Å². The maximum Gasteiger partial charge on any atom is 0.348 e. The Balaban J connectivity index is 1.76. The third-order valence-electron chi connectivity index (χ3n) is 3.47. The number of thiophene rings is 1. The minimum Gasteiger partial charge on any atom is -0.451 e. The summed E-state index contributed by atoms with van der Waals surface area (Å²) in [5, 5.41) is 5.20. The molecule has 0 unspecified atom stereocenters. The van der Waals surface area contributed by atoms with Crippen LogP contribution < -0.4 is 10.6 Å². The Labute approximate surface area is 150 Å². The molecule has 132 valence electrons. The number of hydrogen-bond donors (Lipinski definition) is 2. The molecule has 0 aliphatic rings. The number of nitrogens with one attached hydrogen (secondary N) is 2. The van der Waals surface area contributed by atoms with Gasteiger partial charge in [-0.25, -0.2) is 4.79 Å². The highest BCUT2D eigenvalue weighted by molar-refractivity contribution is 7.13. The van der Waals surface area contributed by atoms with Gasteiger partial charge >= 0.3 is 5.97 Å². The van der Waals surface area contributed by atoms with E-state index in [2.05, 4.69) is 10.6 Å². The van der Waals surface area contributed by atoms with Crippen LogP contribution in [0.5, 0.6) is 0 Å². The summed E-state index contributed by atoms with van der Waals surface area (Å²) >= 11 is 1.30. The second-order valence-electron chi connectivity index (χ2n) is 5.58. The average molecular weight is 360 g/mol. The highest BCUT2D eigenvalue weighted by Gasteiger charge is 2.13. The predicted octanol–water partition coefficient (Wildman–Crippen LogP) is 2.59. The molecule has 1 aromatic carbocycles. The first-order valence-electron chi connectivity index (χ1n) is 7.73. The topological polar surface area (TPSA) is 84.5 Å². The third-order valence-corrected chi connectivity index (χ3v) is 4.45. The summed E-state index contributed by atoms with van der Waals surface area (Å²) in [6.07, 6.45) is 0. The molecule has 0 aliphatic heterocycles. The second-order valence-corrected chi connectivity index (χ2v) is 6.87. The first-order chi connectivity index (χ1) is 11.9. The minimum absolute atomic E-state index is 0.192. The van der Waals surface area contributed by atoms with Gasteiger partial charge in [-0.05, 0) is 44.0 Å². The van der Waals surface area contributed by atoms with Gasteiger partial charge in [-0.15, -0.1) is 11.3 Å². The molecule has 7 heteroatoms. The molecule has 2 N–H and O–H groups in total. The normalized spacial score (nSPS) is 10.2. The van der Waals surface area contributed by atoms with E-state index in [9.17, 15) is 14.4 Å². The number of carbonyl (C=O) groups is 3. The van der Waals surface area contributed by atoms with Crippen LogP contribution in [-0.4, -0.2) is 30.9 Å². The standard InChI is InChI=1S/C18H20N2O4S/c1-11-5-4-6-12(2)17(11)20-15(21)9-19-16(22)10-24-18(23)14-8-7-13(3)25-14/h4-8H,9-10H2,1-3H3,(H,19,22)(H,20,21). The lowest BCUT2D eigenvalue weighted by atomic mass is 10.1. The van der Waals surface area contributed by atoms with E-state index in [-0.39, 0.29) is 12.5 Å². The van der Waals surface area contributed by atoms with Crippen molar-refractivity contribution in [3.63, 3.8) is 0 Å². The van der Waals surface area contributed by atoms with Gasteiger partial charge < -0.3 is 15.4 Å². The molecular formula is C18H20N2O4S. The summed E-state index contributed by atoms with van der Waals surface area (Å²) in [7, 11) is 0. The Morgan fingerprint density at radius 2 is 1.68 bits per heavy atom. The van der Waals surface area contributed by atoms with Crippen LogP contribution in [0, 0.1) is 20.8 Å². The van der Waals surface area contributed by atoms with Crippen LogP contribution in [0.25, 0.3) is 0 Å². The van der Waals surface area contributed by atoms with Crippen molar-refractivity contribution >= 4 is 34.8 Å². The Kier molecular flexibility index (Phi) is 6.30. The molecule has 2 amide bonds. The summed E-state index contributed by atoms with van der Waals surface area (Å²) in [5.74, 6) is -1.42. The van der Waals surface area contributed by atoms with Gasteiger partial charge in [0.15, 0.2) is 6.61 Å². The fourth-order valence-electron chi connectivity index (χ4n) is 2.17. The van der Waals surface area contributed by atoms with Gasteiger partial charge in [-0.1, -0.05) is 18.2 Å². The quantitative estimate of drug-likeness (QED) is 0.776. The summed E-state index contributed by atoms with van der Waals surface area (Å²) in [6.45, 7) is 5.05. The zero-order valence-electron chi connectivity index (χ0n) is 14.3. The zero-order chi connectivity index (χ0) is 18.4. The number of ether oxygens (including phenoxy) is 1. The Hall–Kier alpha value is -2.67. The van der Waals surface area contributed by atoms with Crippen LogP contribution in [0.1, 0.15) is 25.7 Å². The predicted molar refractivity (Wildman–Crippen MR) is 96.9 cm³/mol. The molecule has 0 aliphatic carbocycles. The van der Waals surface area contributed by atoms with Crippen molar-refractivity contribution in [2.45, 2.75) is 20.8 Å². The van der Waals surface area contributed by atoms with Crippen molar-refractivity contribution in [3.8, 4) is 0 Å². The smallest absolute Gasteiger partial charge is 0.348 e. The maximum absolute atomic E-state index is 12.0. The number of amides is 2. The summed E-state index contributed by atoms with van der Waals surface area (Å²) < 4.78 is 4.92. The lowest BCUT2D eigenvalue weighted by Crippen LogP contribution is -2.35.